The molecule has 8 nitrogen and oxygen atoms in total. The Balaban J connectivity index is 1.47. The molecule has 1 aliphatic rings. The normalized spacial score (nSPS) is 15.0. The fraction of sp³-hybridized carbons (Fsp3) is 0.231. The fourth-order valence-electron chi connectivity index (χ4n) is 4.32. The highest BCUT2D eigenvalue weighted by atomic mass is 16.5. The fourth-order valence-corrected chi connectivity index (χ4v) is 4.32. The summed E-state index contributed by atoms with van der Waals surface area (Å²) in [6.07, 6.45) is 5.53. The minimum Gasteiger partial charge on any atom is -0.494 e. The lowest BCUT2D eigenvalue weighted by molar-refractivity contribution is -0.129. The van der Waals surface area contributed by atoms with Gasteiger partial charge in [0.1, 0.15) is 5.75 Å². The molecule has 1 amide bonds. The number of carbonyl (C=O) groups excluding carboxylic acids is 1. The molecule has 172 valence electrons. The zero-order valence-electron chi connectivity index (χ0n) is 19.4. The number of ether oxygens (including phenoxy) is 1. The molecule has 0 bridgehead atoms. The third-order valence-electron chi connectivity index (χ3n) is 6.07. The Morgan fingerprint density at radius 3 is 2.68 bits per heavy atom. The molecule has 0 saturated heterocycles. The molecule has 3 heterocycles. The third kappa shape index (κ3) is 4.22. The molecular formula is C26H26N6O2. The van der Waals surface area contributed by atoms with Crippen molar-refractivity contribution in [3.05, 3.63) is 89.8 Å². The van der Waals surface area contributed by atoms with Gasteiger partial charge in [-0.15, -0.1) is 0 Å². The van der Waals surface area contributed by atoms with Crippen LogP contribution in [-0.2, 0) is 11.3 Å². The lowest BCUT2D eigenvalue weighted by Gasteiger charge is -2.33. The largest absolute Gasteiger partial charge is 0.494 e. The van der Waals surface area contributed by atoms with Gasteiger partial charge in [0.05, 0.1) is 30.5 Å². The Hall–Kier alpha value is -4.20. The van der Waals surface area contributed by atoms with Crippen molar-refractivity contribution in [1.82, 2.24) is 24.4 Å². The van der Waals surface area contributed by atoms with E-state index in [9.17, 15) is 4.79 Å². The SMILES string of the molecule is COc1cc(Nc2ncc3c(n2)C(c2ccccc2)CN(C(C)=O)C3)ccc1-n1cnc(C)c1. The molecule has 5 rings (SSSR count). The second kappa shape index (κ2) is 8.97. The number of aromatic nitrogens is 4. The number of aryl methyl sites for hydroxylation is 1. The molecule has 1 N–H and O–H groups in total. The van der Waals surface area contributed by atoms with Gasteiger partial charge in [-0.05, 0) is 24.6 Å². The lowest BCUT2D eigenvalue weighted by atomic mass is 9.89. The quantitative estimate of drug-likeness (QED) is 0.486. The van der Waals surface area contributed by atoms with Crippen LogP contribution >= 0.6 is 0 Å². The number of rotatable bonds is 5. The van der Waals surface area contributed by atoms with Crippen molar-refractivity contribution in [2.24, 2.45) is 0 Å². The van der Waals surface area contributed by atoms with Crippen LogP contribution in [0.25, 0.3) is 5.69 Å². The first-order valence-electron chi connectivity index (χ1n) is 11.1. The Labute approximate surface area is 198 Å². The summed E-state index contributed by atoms with van der Waals surface area (Å²) in [5.74, 6) is 1.25. The predicted molar refractivity (Wildman–Crippen MR) is 130 cm³/mol. The van der Waals surface area contributed by atoms with Gasteiger partial charge in [0.25, 0.3) is 0 Å². The van der Waals surface area contributed by atoms with E-state index in [2.05, 4.69) is 27.4 Å². The first-order valence-corrected chi connectivity index (χ1v) is 11.1. The second-order valence-electron chi connectivity index (χ2n) is 8.40. The topological polar surface area (TPSA) is 85.2 Å². The molecule has 1 atom stereocenters. The van der Waals surface area contributed by atoms with Crippen molar-refractivity contribution in [1.29, 1.82) is 0 Å². The zero-order valence-corrected chi connectivity index (χ0v) is 19.4. The Kier molecular flexibility index (Phi) is 5.71. The van der Waals surface area contributed by atoms with Crippen LogP contribution in [0.3, 0.4) is 0 Å². The maximum Gasteiger partial charge on any atom is 0.227 e. The molecule has 0 radical (unpaired) electrons. The highest BCUT2D eigenvalue weighted by molar-refractivity contribution is 5.74. The molecule has 2 aromatic heterocycles. The molecule has 0 spiro atoms. The molecule has 0 aliphatic carbocycles. The number of anilines is 2. The summed E-state index contributed by atoms with van der Waals surface area (Å²) in [7, 11) is 1.65. The Bertz CT molecular complexity index is 1330. The van der Waals surface area contributed by atoms with Gasteiger partial charge in [0.2, 0.25) is 11.9 Å². The summed E-state index contributed by atoms with van der Waals surface area (Å²) < 4.78 is 7.55. The van der Waals surface area contributed by atoms with Gasteiger partial charge in [-0.3, -0.25) is 4.79 Å². The van der Waals surface area contributed by atoms with E-state index in [0.717, 1.165) is 33.9 Å². The van der Waals surface area contributed by atoms with Gasteiger partial charge in [0.15, 0.2) is 0 Å². The number of imidazole rings is 1. The number of amides is 1. The summed E-state index contributed by atoms with van der Waals surface area (Å²) in [6, 6.07) is 16.0. The summed E-state index contributed by atoms with van der Waals surface area (Å²) in [5.41, 5.74) is 5.68. The van der Waals surface area contributed by atoms with Crippen LogP contribution in [0.1, 0.15) is 35.4 Å². The number of nitrogens with one attached hydrogen (secondary N) is 1. The van der Waals surface area contributed by atoms with Crippen LogP contribution in [0.5, 0.6) is 5.75 Å². The van der Waals surface area contributed by atoms with Crippen molar-refractivity contribution in [2.45, 2.75) is 26.3 Å². The maximum absolute atomic E-state index is 12.1. The summed E-state index contributed by atoms with van der Waals surface area (Å²) in [5, 5.41) is 3.31. The van der Waals surface area contributed by atoms with Gasteiger partial charge >= 0.3 is 0 Å². The molecular weight excluding hydrogens is 428 g/mol. The minimum absolute atomic E-state index is 0.0150. The Morgan fingerprint density at radius 1 is 1.15 bits per heavy atom. The van der Waals surface area contributed by atoms with Crippen LogP contribution in [0.4, 0.5) is 11.6 Å². The molecule has 8 heteroatoms. The Morgan fingerprint density at radius 2 is 1.97 bits per heavy atom. The number of hydrogen-bond acceptors (Lipinski definition) is 6. The molecule has 34 heavy (non-hydrogen) atoms. The van der Waals surface area contributed by atoms with Crippen molar-refractivity contribution < 1.29 is 9.53 Å². The predicted octanol–water partition coefficient (Wildman–Crippen LogP) is 4.22. The van der Waals surface area contributed by atoms with Crippen LogP contribution in [0, 0.1) is 6.92 Å². The molecule has 4 aromatic rings. The van der Waals surface area contributed by atoms with Crippen molar-refractivity contribution in [3.63, 3.8) is 0 Å². The summed E-state index contributed by atoms with van der Waals surface area (Å²) in [6.45, 7) is 4.66. The van der Waals surface area contributed by atoms with E-state index in [1.54, 1.807) is 20.4 Å². The summed E-state index contributed by atoms with van der Waals surface area (Å²) in [4.78, 5) is 27.7. The lowest BCUT2D eigenvalue weighted by Crippen LogP contribution is -2.38. The first kappa shape index (κ1) is 21.6. The van der Waals surface area contributed by atoms with Crippen molar-refractivity contribution >= 4 is 17.5 Å². The number of hydrogen-bond donors (Lipinski definition) is 1. The van der Waals surface area contributed by atoms with Crippen molar-refractivity contribution in [2.75, 3.05) is 19.0 Å². The standard InChI is InChI=1S/C26H26N6O2/c1-17-13-32(16-28-17)23-10-9-21(11-24(23)34-3)29-26-27-12-20-14-31(18(2)33)15-22(25(20)30-26)19-7-5-4-6-8-19/h4-13,16,22H,14-15H2,1-3H3,(H,27,29,30). The van der Waals surface area contributed by atoms with E-state index in [4.69, 9.17) is 9.72 Å². The van der Waals surface area contributed by atoms with Gasteiger partial charge in [0, 0.05) is 55.6 Å². The van der Waals surface area contributed by atoms with Crippen LogP contribution < -0.4 is 10.1 Å². The first-order chi connectivity index (χ1) is 16.5. The minimum atomic E-state index is -0.0150. The number of fused-ring (bicyclic) bond motifs is 1. The van der Waals surface area contributed by atoms with E-state index >= 15 is 0 Å². The average Bonchev–Trinajstić information content (AvgIpc) is 3.29. The molecule has 1 aliphatic heterocycles. The molecule has 1 unspecified atom stereocenters. The van der Waals surface area contributed by atoms with E-state index in [-0.39, 0.29) is 11.8 Å². The number of carbonyl (C=O) groups is 1. The van der Waals surface area contributed by atoms with Crippen molar-refractivity contribution in [3.8, 4) is 11.4 Å². The monoisotopic (exact) mass is 454 g/mol. The van der Waals surface area contributed by atoms with Gasteiger partial charge in [-0.2, -0.15) is 0 Å². The van der Waals surface area contributed by atoms with Crippen LogP contribution in [0.2, 0.25) is 0 Å². The zero-order chi connectivity index (χ0) is 23.7. The van der Waals surface area contributed by atoms with E-state index in [1.165, 1.54) is 0 Å². The number of methoxy groups -OCH3 is 1. The van der Waals surface area contributed by atoms with Crippen LogP contribution in [-0.4, -0.2) is 44.0 Å². The highest BCUT2D eigenvalue weighted by Gasteiger charge is 2.30. The van der Waals surface area contributed by atoms with Gasteiger partial charge in [-0.1, -0.05) is 30.3 Å². The number of benzene rings is 2. The smallest absolute Gasteiger partial charge is 0.227 e. The van der Waals surface area contributed by atoms with E-state index in [1.807, 2.05) is 65.2 Å². The molecule has 0 fully saturated rings. The second-order valence-corrected chi connectivity index (χ2v) is 8.40. The third-order valence-corrected chi connectivity index (χ3v) is 6.07. The highest BCUT2D eigenvalue weighted by Crippen LogP contribution is 2.33. The van der Waals surface area contributed by atoms with Gasteiger partial charge < -0.3 is 19.5 Å². The van der Waals surface area contributed by atoms with E-state index in [0.29, 0.717) is 24.8 Å². The van der Waals surface area contributed by atoms with E-state index < -0.39 is 0 Å². The summed E-state index contributed by atoms with van der Waals surface area (Å²) >= 11 is 0. The average molecular weight is 455 g/mol. The van der Waals surface area contributed by atoms with Crippen LogP contribution in [0.15, 0.2) is 67.3 Å². The number of nitrogens with zero attached hydrogens (tertiary/aromatic N) is 5. The molecule has 2 aromatic carbocycles. The maximum atomic E-state index is 12.1. The van der Waals surface area contributed by atoms with Gasteiger partial charge in [-0.25, -0.2) is 15.0 Å². The molecule has 0 saturated carbocycles.